The first-order valence-corrected chi connectivity index (χ1v) is 4.46. The van der Waals surface area contributed by atoms with Crippen LogP contribution in [0.4, 0.5) is 0 Å². The molecule has 0 spiro atoms. The fourth-order valence-electron chi connectivity index (χ4n) is 1.14. The van der Waals surface area contributed by atoms with E-state index in [0.29, 0.717) is 18.1 Å². The lowest BCUT2D eigenvalue weighted by molar-refractivity contribution is -0.713. The van der Waals surface area contributed by atoms with Crippen LogP contribution in [-0.4, -0.2) is 62.0 Å². The van der Waals surface area contributed by atoms with Gasteiger partial charge in [0.1, 0.15) is 0 Å². The molecule has 0 aromatic rings. The topological polar surface area (TPSA) is 63.4 Å². The predicted octanol–water partition coefficient (Wildman–Crippen LogP) is -0.353. The lowest BCUT2D eigenvalue weighted by atomic mass is 10.4. The standard InChI is InChI=1S/C7H16N4O3/c1-9-3-5-10(6-4-9)11(12)8-14-7-13-2/h3-7H2,1-2H3/b11-8-. The van der Waals surface area contributed by atoms with Gasteiger partial charge in [-0.25, -0.2) is 0 Å². The van der Waals surface area contributed by atoms with E-state index in [0.717, 1.165) is 13.1 Å². The summed E-state index contributed by atoms with van der Waals surface area (Å²) in [6, 6.07) is 0. The number of nitrogens with zero attached hydrogens (tertiary/aromatic N) is 4. The summed E-state index contributed by atoms with van der Waals surface area (Å²) in [4.78, 5) is 7.22. The van der Waals surface area contributed by atoms with Crippen LogP contribution in [0, 0.1) is 5.21 Å². The summed E-state index contributed by atoms with van der Waals surface area (Å²) < 4.78 is 4.59. The van der Waals surface area contributed by atoms with Gasteiger partial charge >= 0.3 is 0 Å². The molecule has 1 heterocycles. The Hall–Kier alpha value is -1.08. The van der Waals surface area contributed by atoms with Crippen molar-refractivity contribution >= 4 is 0 Å². The number of methoxy groups -OCH3 is 1. The van der Waals surface area contributed by atoms with Gasteiger partial charge in [-0.1, -0.05) is 0 Å². The van der Waals surface area contributed by atoms with Gasteiger partial charge in [0.2, 0.25) is 12.1 Å². The van der Waals surface area contributed by atoms with Gasteiger partial charge in [-0.05, 0) is 7.05 Å². The summed E-state index contributed by atoms with van der Waals surface area (Å²) in [7, 11) is 3.49. The number of hydrogen-bond acceptors (Lipinski definition) is 5. The van der Waals surface area contributed by atoms with Gasteiger partial charge in [-0.15, -0.1) is 5.01 Å². The van der Waals surface area contributed by atoms with Gasteiger partial charge < -0.3 is 19.7 Å². The van der Waals surface area contributed by atoms with Crippen molar-refractivity contribution < 1.29 is 14.5 Å². The number of hydrazine groups is 1. The van der Waals surface area contributed by atoms with Crippen molar-refractivity contribution in [3.63, 3.8) is 0 Å². The molecule has 0 amide bonds. The molecule has 0 N–H and O–H groups in total. The van der Waals surface area contributed by atoms with Crippen molar-refractivity contribution in [1.82, 2.24) is 9.91 Å². The smallest absolute Gasteiger partial charge is 0.235 e. The van der Waals surface area contributed by atoms with Crippen LogP contribution in [0.3, 0.4) is 0 Å². The molecule has 0 unspecified atom stereocenters. The zero-order valence-corrected chi connectivity index (χ0v) is 8.55. The molecule has 1 saturated heterocycles. The molecule has 1 aliphatic heterocycles. The molecule has 0 aromatic carbocycles. The van der Waals surface area contributed by atoms with E-state index in [9.17, 15) is 5.21 Å². The van der Waals surface area contributed by atoms with E-state index in [2.05, 4.69) is 19.8 Å². The quantitative estimate of drug-likeness (QED) is 0.206. The van der Waals surface area contributed by atoms with E-state index >= 15 is 0 Å². The highest BCUT2D eigenvalue weighted by atomic mass is 16.8. The monoisotopic (exact) mass is 204 g/mol. The number of piperazine rings is 1. The third kappa shape index (κ3) is 3.35. The Kier molecular flexibility index (Phi) is 4.41. The zero-order chi connectivity index (χ0) is 10.4. The van der Waals surface area contributed by atoms with E-state index in [1.807, 2.05) is 7.05 Å². The maximum atomic E-state index is 11.3. The molecule has 7 nitrogen and oxygen atoms in total. The van der Waals surface area contributed by atoms with Gasteiger partial charge in [0, 0.05) is 20.2 Å². The van der Waals surface area contributed by atoms with E-state index in [1.54, 1.807) is 5.01 Å². The third-order valence-electron chi connectivity index (χ3n) is 2.02. The number of hydrogen-bond donors (Lipinski definition) is 0. The highest BCUT2D eigenvalue weighted by Gasteiger charge is 2.19. The normalized spacial score (nSPS) is 19.9. The number of ether oxygens (including phenoxy) is 1. The first-order chi connectivity index (χ1) is 6.74. The van der Waals surface area contributed by atoms with Gasteiger partial charge in [-0.2, -0.15) is 0 Å². The Morgan fingerprint density at radius 2 is 2.00 bits per heavy atom. The first kappa shape index (κ1) is 11.0. The molecular weight excluding hydrogens is 188 g/mol. The van der Waals surface area contributed by atoms with Gasteiger partial charge in [0.15, 0.2) is 0 Å². The van der Waals surface area contributed by atoms with E-state index < -0.39 is 0 Å². The molecule has 82 valence electrons. The van der Waals surface area contributed by atoms with Crippen molar-refractivity contribution in [2.75, 3.05) is 47.1 Å². The molecule has 0 aliphatic carbocycles. The highest BCUT2D eigenvalue weighted by Crippen LogP contribution is 1.99. The summed E-state index contributed by atoms with van der Waals surface area (Å²) in [6.07, 6.45) is 0. The molecule has 14 heavy (non-hydrogen) atoms. The Labute approximate surface area is 83.0 Å². The molecule has 1 aliphatic rings. The lowest BCUT2D eigenvalue weighted by Crippen LogP contribution is -2.47. The van der Waals surface area contributed by atoms with Crippen molar-refractivity contribution in [1.29, 1.82) is 0 Å². The zero-order valence-electron chi connectivity index (χ0n) is 8.55. The summed E-state index contributed by atoms with van der Waals surface area (Å²) in [5.74, 6) is 0. The molecule has 1 fully saturated rings. The van der Waals surface area contributed by atoms with Crippen molar-refractivity contribution in [3.05, 3.63) is 5.21 Å². The minimum Gasteiger partial charge on any atom is -0.569 e. The van der Waals surface area contributed by atoms with Gasteiger partial charge in [0.05, 0.1) is 18.1 Å². The van der Waals surface area contributed by atoms with E-state index in [1.165, 1.54) is 7.11 Å². The molecule has 0 radical (unpaired) electrons. The molecular formula is C7H16N4O3. The fraction of sp³-hybridized carbons (Fsp3) is 1.00. The second-order valence-corrected chi connectivity index (χ2v) is 3.13. The number of likely N-dealkylation sites (N-methyl/N-ethyl adjacent to an activating group) is 1. The first-order valence-electron chi connectivity index (χ1n) is 4.46. The minimum atomic E-state index is -0.00746. The van der Waals surface area contributed by atoms with Crippen LogP contribution in [0.2, 0.25) is 0 Å². The summed E-state index contributed by atoms with van der Waals surface area (Å²) in [6.45, 7) is 3.04. The van der Waals surface area contributed by atoms with Crippen LogP contribution in [0.5, 0.6) is 0 Å². The largest absolute Gasteiger partial charge is 0.569 e. The maximum Gasteiger partial charge on any atom is 0.235 e. The van der Waals surface area contributed by atoms with E-state index in [4.69, 9.17) is 0 Å². The Balaban J connectivity index is 2.29. The van der Waals surface area contributed by atoms with Crippen molar-refractivity contribution in [2.45, 2.75) is 0 Å². The second kappa shape index (κ2) is 5.61. The maximum absolute atomic E-state index is 11.3. The van der Waals surface area contributed by atoms with Gasteiger partial charge in [-0.3, -0.25) is 0 Å². The average molecular weight is 204 g/mol. The summed E-state index contributed by atoms with van der Waals surface area (Å²) in [5.41, 5.74) is 0. The molecule has 0 aromatic heterocycles. The van der Waals surface area contributed by atoms with Crippen LogP contribution >= 0.6 is 0 Å². The molecule has 0 bridgehead atoms. The molecule has 0 atom stereocenters. The third-order valence-corrected chi connectivity index (χ3v) is 2.02. The second-order valence-electron chi connectivity index (χ2n) is 3.13. The summed E-state index contributed by atoms with van der Waals surface area (Å²) >= 11 is 0. The molecule has 7 heteroatoms. The van der Waals surface area contributed by atoms with Crippen molar-refractivity contribution in [3.8, 4) is 0 Å². The lowest BCUT2D eigenvalue weighted by Gasteiger charge is -2.28. The van der Waals surface area contributed by atoms with Crippen LogP contribution in [0.1, 0.15) is 0 Å². The minimum absolute atomic E-state index is 0.00746. The Morgan fingerprint density at radius 1 is 1.36 bits per heavy atom. The number of rotatable bonds is 4. The van der Waals surface area contributed by atoms with E-state index in [-0.39, 0.29) is 6.79 Å². The van der Waals surface area contributed by atoms with Crippen LogP contribution in [-0.2, 0) is 9.57 Å². The summed E-state index contributed by atoms with van der Waals surface area (Å²) in [5, 5.41) is 16.2. The fourth-order valence-corrected chi connectivity index (χ4v) is 1.14. The van der Waals surface area contributed by atoms with Crippen LogP contribution in [0.25, 0.3) is 0 Å². The predicted molar refractivity (Wildman–Crippen MR) is 48.1 cm³/mol. The van der Waals surface area contributed by atoms with Crippen LogP contribution in [0.15, 0.2) is 5.28 Å². The molecule has 1 rings (SSSR count). The molecule has 0 saturated carbocycles. The average Bonchev–Trinajstić information content (AvgIpc) is 2.19. The van der Waals surface area contributed by atoms with Gasteiger partial charge in [0.25, 0.3) is 0 Å². The Bertz CT molecular complexity index is 191. The van der Waals surface area contributed by atoms with Crippen molar-refractivity contribution in [2.24, 2.45) is 5.28 Å². The Morgan fingerprint density at radius 3 is 2.57 bits per heavy atom. The SMILES string of the molecule is COCO/N=[N+](\[O-])N1CCN(C)CC1. The highest BCUT2D eigenvalue weighted by molar-refractivity contribution is 4.61. The van der Waals surface area contributed by atoms with Crippen LogP contribution < -0.4 is 0 Å².